The Bertz CT molecular complexity index is 436. The summed E-state index contributed by atoms with van der Waals surface area (Å²) in [6.07, 6.45) is 7.83. The zero-order chi connectivity index (χ0) is 15.3. The summed E-state index contributed by atoms with van der Waals surface area (Å²) >= 11 is 0. The maximum Gasteiger partial charge on any atom is 0.123 e. The predicted molar refractivity (Wildman–Crippen MR) is 89.3 cm³/mol. The molecule has 21 heavy (non-hydrogen) atoms. The summed E-state index contributed by atoms with van der Waals surface area (Å²) in [5.41, 5.74) is 7.34. The van der Waals surface area contributed by atoms with Crippen LogP contribution in [0.4, 0.5) is 5.82 Å². The molecule has 0 spiro atoms. The molecule has 0 aliphatic carbocycles. The summed E-state index contributed by atoms with van der Waals surface area (Å²) in [5, 5.41) is 3.59. The average Bonchev–Trinajstić information content (AvgIpc) is 3.02. The number of nitrogens with zero attached hydrogens (tertiary/aromatic N) is 2. The van der Waals surface area contributed by atoms with E-state index in [4.69, 9.17) is 5.73 Å². The van der Waals surface area contributed by atoms with Crippen molar-refractivity contribution >= 4 is 5.82 Å². The van der Waals surface area contributed by atoms with Crippen molar-refractivity contribution in [3.8, 4) is 0 Å². The molecule has 1 atom stereocenters. The fourth-order valence-corrected chi connectivity index (χ4v) is 3.99. The molecule has 2 rings (SSSR count). The van der Waals surface area contributed by atoms with Crippen LogP contribution in [0.3, 0.4) is 0 Å². The van der Waals surface area contributed by atoms with E-state index in [1.807, 2.05) is 12.3 Å². The van der Waals surface area contributed by atoms with E-state index in [2.05, 4.69) is 42.2 Å². The maximum absolute atomic E-state index is 5.83. The Kier molecular flexibility index (Phi) is 5.59. The molecular formula is C17H30N4. The summed E-state index contributed by atoms with van der Waals surface area (Å²) < 4.78 is 0. The predicted octanol–water partition coefficient (Wildman–Crippen LogP) is 2.45. The molecule has 2 heterocycles. The van der Waals surface area contributed by atoms with Crippen LogP contribution in [0.25, 0.3) is 0 Å². The monoisotopic (exact) mass is 290 g/mol. The number of nitrogens with two attached hydrogens (primary N) is 1. The first kappa shape index (κ1) is 16.2. The van der Waals surface area contributed by atoms with Gasteiger partial charge in [0.25, 0.3) is 0 Å². The minimum atomic E-state index is 0.239. The van der Waals surface area contributed by atoms with Gasteiger partial charge in [0.1, 0.15) is 5.82 Å². The van der Waals surface area contributed by atoms with Crippen LogP contribution in [0.2, 0.25) is 0 Å². The van der Waals surface area contributed by atoms with Crippen molar-refractivity contribution in [2.75, 3.05) is 25.9 Å². The first-order chi connectivity index (χ1) is 10.2. The molecule has 3 N–H and O–H groups in total. The van der Waals surface area contributed by atoms with Crippen LogP contribution in [0.15, 0.2) is 18.3 Å². The van der Waals surface area contributed by atoms with Crippen molar-refractivity contribution in [1.29, 1.82) is 0 Å². The van der Waals surface area contributed by atoms with Gasteiger partial charge in [-0.25, -0.2) is 4.98 Å². The fraction of sp³-hybridized carbons (Fsp3) is 0.706. The molecule has 1 aromatic rings. The van der Waals surface area contributed by atoms with Crippen molar-refractivity contribution < 1.29 is 0 Å². The number of nitrogen functional groups attached to an aromatic ring is 1. The molecule has 0 aromatic carbocycles. The van der Waals surface area contributed by atoms with E-state index in [1.54, 1.807) is 0 Å². The van der Waals surface area contributed by atoms with Gasteiger partial charge in [-0.05, 0) is 69.9 Å². The highest BCUT2D eigenvalue weighted by molar-refractivity contribution is 5.32. The maximum atomic E-state index is 5.83. The summed E-state index contributed by atoms with van der Waals surface area (Å²) in [5.74, 6) is 0.613. The van der Waals surface area contributed by atoms with Gasteiger partial charge < -0.3 is 11.1 Å². The van der Waals surface area contributed by atoms with E-state index in [1.165, 1.54) is 44.3 Å². The standard InChI is InChI=1S/C17H30N4/c1-4-17(5-2,21-10-6-7-11-21)15(19-3)12-14-8-9-20-16(18)13-14/h8-9,13,15,19H,4-7,10-12H2,1-3H3,(H2,18,20). The molecule has 118 valence electrons. The second-order valence-corrected chi connectivity index (χ2v) is 6.14. The van der Waals surface area contributed by atoms with Crippen molar-refractivity contribution in [2.24, 2.45) is 0 Å². The number of anilines is 1. The van der Waals surface area contributed by atoms with E-state index in [-0.39, 0.29) is 5.54 Å². The normalized spacial score (nSPS) is 18.0. The van der Waals surface area contributed by atoms with E-state index >= 15 is 0 Å². The van der Waals surface area contributed by atoms with Crippen LogP contribution in [0, 0.1) is 0 Å². The van der Waals surface area contributed by atoms with Gasteiger partial charge in [0.2, 0.25) is 0 Å². The largest absolute Gasteiger partial charge is 0.384 e. The Labute approximate surface area is 129 Å². The lowest BCUT2D eigenvalue weighted by atomic mass is 9.80. The van der Waals surface area contributed by atoms with Crippen LogP contribution in [-0.4, -0.2) is 41.6 Å². The van der Waals surface area contributed by atoms with Crippen molar-refractivity contribution in [3.05, 3.63) is 23.9 Å². The zero-order valence-corrected chi connectivity index (χ0v) is 13.7. The Hall–Kier alpha value is -1.13. The number of likely N-dealkylation sites (N-methyl/N-ethyl adjacent to an activating group) is 1. The van der Waals surface area contributed by atoms with Crippen LogP contribution in [0.1, 0.15) is 45.1 Å². The van der Waals surface area contributed by atoms with E-state index in [9.17, 15) is 0 Å². The molecule has 1 saturated heterocycles. The highest BCUT2D eigenvalue weighted by atomic mass is 15.2. The van der Waals surface area contributed by atoms with Gasteiger partial charge in [0.15, 0.2) is 0 Å². The number of hydrogen-bond acceptors (Lipinski definition) is 4. The molecule has 1 aromatic heterocycles. The van der Waals surface area contributed by atoms with E-state index in [0.29, 0.717) is 11.9 Å². The van der Waals surface area contributed by atoms with Gasteiger partial charge in [-0.1, -0.05) is 13.8 Å². The SMILES string of the molecule is CCC(CC)(C(Cc1ccnc(N)c1)NC)N1CCCC1. The average molecular weight is 290 g/mol. The van der Waals surface area contributed by atoms with Gasteiger partial charge in [-0.3, -0.25) is 4.90 Å². The molecule has 0 bridgehead atoms. The lowest BCUT2D eigenvalue weighted by Gasteiger charge is -2.47. The van der Waals surface area contributed by atoms with E-state index < -0.39 is 0 Å². The van der Waals surface area contributed by atoms with Crippen LogP contribution in [0.5, 0.6) is 0 Å². The Morgan fingerprint density at radius 3 is 2.52 bits per heavy atom. The molecule has 4 nitrogen and oxygen atoms in total. The van der Waals surface area contributed by atoms with Gasteiger partial charge in [0, 0.05) is 17.8 Å². The number of rotatable bonds is 7. The highest BCUT2D eigenvalue weighted by Crippen LogP contribution is 2.33. The molecule has 0 amide bonds. The number of pyridine rings is 1. The minimum absolute atomic E-state index is 0.239. The number of nitrogens with one attached hydrogen (secondary N) is 1. The summed E-state index contributed by atoms with van der Waals surface area (Å²) in [7, 11) is 2.09. The fourth-order valence-electron chi connectivity index (χ4n) is 3.99. The summed E-state index contributed by atoms with van der Waals surface area (Å²) in [6.45, 7) is 7.12. The number of aromatic nitrogens is 1. The molecule has 1 aliphatic rings. The minimum Gasteiger partial charge on any atom is -0.384 e. The van der Waals surface area contributed by atoms with Gasteiger partial charge in [0.05, 0.1) is 0 Å². The first-order valence-electron chi connectivity index (χ1n) is 8.29. The lowest BCUT2D eigenvalue weighted by molar-refractivity contribution is 0.0650. The molecule has 1 fully saturated rings. The third-order valence-corrected chi connectivity index (χ3v) is 5.24. The Morgan fingerprint density at radius 2 is 2.00 bits per heavy atom. The quantitative estimate of drug-likeness (QED) is 0.810. The van der Waals surface area contributed by atoms with E-state index in [0.717, 1.165) is 6.42 Å². The second kappa shape index (κ2) is 7.23. The molecule has 1 aliphatic heterocycles. The van der Waals surface area contributed by atoms with Crippen LogP contribution >= 0.6 is 0 Å². The summed E-state index contributed by atoms with van der Waals surface area (Å²) in [6, 6.07) is 4.53. The molecule has 1 unspecified atom stereocenters. The smallest absolute Gasteiger partial charge is 0.123 e. The molecule has 0 saturated carbocycles. The number of likely N-dealkylation sites (tertiary alicyclic amines) is 1. The van der Waals surface area contributed by atoms with Crippen LogP contribution < -0.4 is 11.1 Å². The second-order valence-electron chi connectivity index (χ2n) is 6.14. The Balaban J connectivity index is 2.22. The third-order valence-electron chi connectivity index (χ3n) is 5.24. The van der Waals surface area contributed by atoms with Gasteiger partial charge in [-0.2, -0.15) is 0 Å². The van der Waals surface area contributed by atoms with Crippen LogP contribution in [-0.2, 0) is 6.42 Å². The van der Waals surface area contributed by atoms with Crippen molar-refractivity contribution in [1.82, 2.24) is 15.2 Å². The Morgan fingerprint density at radius 1 is 1.33 bits per heavy atom. The molecule has 4 heteroatoms. The zero-order valence-electron chi connectivity index (χ0n) is 13.7. The summed E-state index contributed by atoms with van der Waals surface area (Å²) in [4.78, 5) is 6.81. The topological polar surface area (TPSA) is 54.2 Å². The van der Waals surface area contributed by atoms with Gasteiger partial charge >= 0.3 is 0 Å². The molecule has 0 radical (unpaired) electrons. The van der Waals surface area contributed by atoms with Crippen molar-refractivity contribution in [2.45, 2.75) is 57.5 Å². The first-order valence-corrected chi connectivity index (χ1v) is 8.29. The highest BCUT2D eigenvalue weighted by Gasteiger charge is 2.41. The van der Waals surface area contributed by atoms with Crippen molar-refractivity contribution in [3.63, 3.8) is 0 Å². The lowest BCUT2D eigenvalue weighted by Crippen LogP contribution is -2.60. The third kappa shape index (κ3) is 3.38. The number of hydrogen-bond donors (Lipinski definition) is 2. The molecular weight excluding hydrogens is 260 g/mol. The van der Waals surface area contributed by atoms with Gasteiger partial charge in [-0.15, -0.1) is 0 Å².